The number of ether oxygens (including phenoxy) is 1. The molecule has 1 aliphatic rings. The number of benzene rings is 1. The largest absolute Gasteiger partial charge is 0.378 e. The van der Waals surface area contributed by atoms with E-state index < -0.39 is 0 Å². The van der Waals surface area contributed by atoms with Gasteiger partial charge in [0.25, 0.3) is 5.91 Å². The van der Waals surface area contributed by atoms with E-state index in [4.69, 9.17) is 27.9 Å². The minimum absolute atomic E-state index is 0.0669. The predicted molar refractivity (Wildman–Crippen MR) is 97.4 cm³/mol. The molecule has 0 radical (unpaired) electrons. The first kappa shape index (κ1) is 17.9. The van der Waals surface area contributed by atoms with Crippen LogP contribution < -0.4 is 5.32 Å². The molecule has 1 aromatic heterocycles. The Morgan fingerprint density at radius 2 is 1.92 bits per heavy atom. The van der Waals surface area contributed by atoms with Gasteiger partial charge >= 0.3 is 0 Å². The smallest absolute Gasteiger partial charge is 0.257 e. The van der Waals surface area contributed by atoms with Crippen LogP contribution in [0.1, 0.15) is 15.9 Å². The van der Waals surface area contributed by atoms with E-state index in [1.807, 2.05) is 12.1 Å². The summed E-state index contributed by atoms with van der Waals surface area (Å²) in [6, 6.07) is 5.43. The molecule has 2 aromatic rings. The summed E-state index contributed by atoms with van der Waals surface area (Å²) in [7, 11) is 0. The van der Waals surface area contributed by atoms with Crippen LogP contribution in [-0.2, 0) is 11.2 Å². The number of anilines is 1. The monoisotopic (exact) mass is 380 g/mol. The van der Waals surface area contributed by atoms with Crippen molar-refractivity contribution in [3.63, 3.8) is 0 Å². The van der Waals surface area contributed by atoms with Crippen molar-refractivity contribution in [2.45, 2.75) is 6.42 Å². The third kappa shape index (κ3) is 4.81. The van der Waals surface area contributed by atoms with Crippen molar-refractivity contribution in [1.82, 2.24) is 14.9 Å². The van der Waals surface area contributed by atoms with Crippen molar-refractivity contribution in [3.8, 4) is 0 Å². The van der Waals surface area contributed by atoms with Crippen LogP contribution in [0.2, 0.25) is 10.0 Å². The van der Waals surface area contributed by atoms with E-state index in [-0.39, 0.29) is 5.91 Å². The van der Waals surface area contributed by atoms with E-state index in [2.05, 4.69) is 15.3 Å². The summed E-state index contributed by atoms with van der Waals surface area (Å²) in [4.78, 5) is 22.5. The van der Waals surface area contributed by atoms with Gasteiger partial charge in [0, 0.05) is 42.1 Å². The van der Waals surface area contributed by atoms with Gasteiger partial charge in [-0.05, 0) is 24.1 Å². The van der Waals surface area contributed by atoms with Crippen LogP contribution in [0.4, 0.5) is 5.95 Å². The number of rotatable bonds is 5. The van der Waals surface area contributed by atoms with Crippen molar-refractivity contribution < 1.29 is 9.53 Å². The van der Waals surface area contributed by atoms with E-state index in [0.717, 1.165) is 5.56 Å². The van der Waals surface area contributed by atoms with Gasteiger partial charge in [0.15, 0.2) is 0 Å². The molecule has 1 fully saturated rings. The standard InChI is InChI=1S/C17H18Cl2N4O2/c18-14-2-1-12(15(19)9-14)3-4-20-17-21-10-13(11-22-17)16(24)23-5-7-25-8-6-23/h1-2,9-11H,3-8H2,(H,20,21,22). The summed E-state index contributed by atoms with van der Waals surface area (Å²) < 4.78 is 5.25. The first-order chi connectivity index (χ1) is 12.1. The molecule has 0 spiro atoms. The van der Waals surface area contributed by atoms with Crippen LogP contribution >= 0.6 is 23.2 Å². The van der Waals surface area contributed by atoms with E-state index in [1.54, 1.807) is 23.4 Å². The summed E-state index contributed by atoms with van der Waals surface area (Å²) in [5.41, 5.74) is 1.48. The molecule has 0 unspecified atom stereocenters. The number of nitrogens with one attached hydrogen (secondary N) is 1. The van der Waals surface area contributed by atoms with Gasteiger partial charge in [0.05, 0.1) is 18.8 Å². The van der Waals surface area contributed by atoms with Crippen molar-refractivity contribution >= 4 is 35.1 Å². The Labute approximate surface area is 156 Å². The molecule has 1 aromatic carbocycles. The van der Waals surface area contributed by atoms with E-state index in [9.17, 15) is 4.79 Å². The second kappa shape index (κ2) is 8.47. The Morgan fingerprint density at radius 3 is 2.60 bits per heavy atom. The van der Waals surface area contributed by atoms with Gasteiger partial charge in [-0.15, -0.1) is 0 Å². The maximum atomic E-state index is 12.3. The lowest BCUT2D eigenvalue weighted by molar-refractivity contribution is 0.0302. The fourth-order valence-electron chi connectivity index (χ4n) is 2.51. The van der Waals surface area contributed by atoms with Gasteiger partial charge in [-0.25, -0.2) is 9.97 Å². The van der Waals surface area contributed by atoms with Gasteiger partial charge in [-0.3, -0.25) is 4.79 Å². The number of nitrogens with zero attached hydrogens (tertiary/aromatic N) is 3. The number of hydrogen-bond acceptors (Lipinski definition) is 5. The summed E-state index contributed by atoms with van der Waals surface area (Å²) in [5.74, 6) is 0.409. The number of morpholine rings is 1. The molecule has 1 amide bonds. The molecule has 0 atom stereocenters. The number of hydrogen-bond donors (Lipinski definition) is 1. The maximum absolute atomic E-state index is 12.3. The summed E-state index contributed by atoms with van der Waals surface area (Å²) in [6.07, 6.45) is 3.80. The third-order valence-electron chi connectivity index (χ3n) is 3.89. The van der Waals surface area contributed by atoms with Crippen LogP contribution in [0.15, 0.2) is 30.6 Å². The number of carbonyl (C=O) groups is 1. The van der Waals surface area contributed by atoms with Gasteiger partial charge < -0.3 is 15.0 Å². The third-order valence-corrected chi connectivity index (χ3v) is 4.48. The molecule has 1 saturated heterocycles. The first-order valence-corrected chi connectivity index (χ1v) is 8.76. The number of aromatic nitrogens is 2. The SMILES string of the molecule is O=C(c1cnc(NCCc2ccc(Cl)cc2Cl)nc1)N1CCOCC1. The average molecular weight is 381 g/mol. The molecule has 1 N–H and O–H groups in total. The number of carbonyl (C=O) groups excluding carboxylic acids is 1. The molecule has 8 heteroatoms. The van der Waals surface area contributed by atoms with Crippen molar-refractivity contribution in [3.05, 3.63) is 51.8 Å². The molecule has 0 aliphatic carbocycles. The second-order valence-corrected chi connectivity index (χ2v) is 6.46. The maximum Gasteiger partial charge on any atom is 0.257 e. The van der Waals surface area contributed by atoms with E-state index in [1.165, 1.54) is 0 Å². The Balaban J connectivity index is 1.53. The van der Waals surface area contributed by atoms with Crippen molar-refractivity contribution in [1.29, 1.82) is 0 Å². The zero-order valence-electron chi connectivity index (χ0n) is 13.5. The Kier molecular flexibility index (Phi) is 6.07. The van der Waals surface area contributed by atoms with Crippen LogP contribution in [0.5, 0.6) is 0 Å². The van der Waals surface area contributed by atoms with Crippen molar-refractivity contribution in [2.75, 3.05) is 38.2 Å². The highest BCUT2D eigenvalue weighted by Crippen LogP contribution is 2.21. The molecule has 1 aliphatic heterocycles. The topological polar surface area (TPSA) is 67.4 Å². The lowest BCUT2D eigenvalue weighted by Crippen LogP contribution is -2.40. The molecule has 25 heavy (non-hydrogen) atoms. The summed E-state index contributed by atoms with van der Waals surface area (Å²) in [6.45, 7) is 2.96. The van der Waals surface area contributed by atoms with Gasteiger partial charge in [0.2, 0.25) is 5.95 Å². The lowest BCUT2D eigenvalue weighted by Gasteiger charge is -2.26. The van der Waals surface area contributed by atoms with Gasteiger partial charge in [-0.2, -0.15) is 0 Å². The van der Waals surface area contributed by atoms with Crippen LogP contribution in [0.25, 0.3) is 0 Å². The molecule has 132 valence electrons. The first-order valence-electron chi connectivity index (χ1n) is 8.00. The van der Waals surface area contributed by atoms with Gasteiger partial charge in [0.1, 0.15) is 0 Å². The predicted octanol–water partition coefficient (Wildman–Crippen LogP) is 2.91. The van der Waals surface area contributed by atoms with Crippen LogP contribution in [0, 0.1) is 0 Å². The molecule has 0 saturated carbocycles. The second-order valence-electron chi connectivity index (χ2n) is 5.61. The average Bonchev–Trinajstić information content (AvgIpc) is 2.64. The fourth-order valence-corrected chi connectivity index (χ4v) is 3.02. The summed E-state index contributed by atoms with van der Waals surface area (Å²) >= 11 is 12.0. The highest BCUT2D eigenvalue weighted by Gasteiger charge is 2.19. The summed E-state index contributed by atoms with van der Waals surface area (Å²) in [5, 5.41) is 4.38. The minimum atomic E-state index is -0.0669. The molecule has 2 heterocycles. The quantitative estimate of drug-likeness (QED) is 0.863. The van der Waals surface area contributed by atoms with Crippen LogP contribution in [0.3, 0.4) is 0 Å². The number of amides is 1. The zero-order chi connectivity index (χ0) is 17.6. The molecule has 0 bridgehead atoms. The Morgan fingerprint density at radius 1 is 1.20 bits per heavy atom. The van der Waals surface area contributed by atoms with Crippen molar-refractivity contribution in [2.24, 2.45) is 0 Å². The Hall–Kier alpha value is -1.89. The molecule has 6 nitrogen and oxygen atoms in total. The fraction of sp³-hybridized carbons (Fsp3) is 0.353. The number of halogens is 2. The minimum Gasteiger partial charge on any atom is -0.378 e. The lowest BCUT2D eigenvalue weighted by atomic mass is 10.1. The molecular weight excluding hydrogens is 363 g/mol. The van der Waals surface area contributed by atoms with E-state index >= 15 is 0 Å². The zero-order valence-corrected chi connectivity index (χ0v) is 15.1. The Bertz CT molecular complexity index is 734. The highest BCUT2D eigenvalue weighted by atomic mass is 35.5. The van der Waals surface area contributed by atoms with Crippen LogP contribution in [-0.4, -0.2) is 53.6 Å². The highest BCUT2D eigenvalue weighted by molar-refractivity contribution is 6.35. The molecular formula is C17H18Cl2N4O2. The molecule has 3 rings (SSSR count). The van der Waals surface area contributed by atoms with Gasteiger partial charge in [-0.1, -0.05) is 29.3 Å². The normalized spacial score (nSPS) is 14.4. The van der Waals surface area contributed by atoms with E-state index in [0.29, 0.717) is 60.8 Å².